The molecule has 0 amide bonds. The maximum absolute atomic E-state index is 12.3. The molecule has 2 aromatic rings. The molecule has 0 saturated carbocycles. The zero-order chi connectivity index (χ0) is 15.4. The average Bonchev–Trinajstić information content (AvgIpc) is 2.48. The summed E-state index contributed by atoms with van der Waals surface area (Å²) in [6.07, 6.45) is 0. The summed E-state index contributed by atoms with van der Waals surface area (Å²) in [6, 6.07) is 13.4. The molecule has 2 aromatic carbocycles. The van der Waals surface area contributed by atoms with Gasteiger partial charge in [0, 0.05) is 10.6 Å². The van der Waals surface area contributed by atoms with Crippen LogP contribution in [0, 0.1) is 0 Å². The highest BCUT2D eigenvalue weighted by atomic mass is 35.5. The molecule has 0 radical (unpaired) electrons. The Kier molecular flexibility index (Phi) is 5.39. The Balaban J connectivity index is 2.23. The Morgan fingerprint density at radius 1 is 1.10 bits per heavy atom. The predicted molar refractivity (Wildman–Crippen MR) is 84.6 cm³/mol. The van der Waals surface area contributed by atoms with Gasteiger partial charge in [0.15, 0.2) is 0 Å². The lowest BCUT2D eigenvalue weighted by atomic mass is 10.0. The van der Waals surface area contributed by atoms with E-state index in [-0.39, 0.29) is 5.75 Å². The van der Waals surface area contributed by atoms with Crippen molar-refractivity contribution in [1.82, 2.24) is 0 Å². The van der Waals surface area contributed by atoms with Crippen molar-refractivity contribution in [2.24, 2.45) is 0 Å². The number of carboxylic acids is 1. The Morgan fingerprint density at radius 2 is 1.76 bits per heavy atom. The molecule has 0 aliphatic rings. The fraction of sp³-hybridized carbons (Fsp3) is 0.133. The lowest BCUT2D eigenvalue weighted by Crippen LogP contribution is -2.19. The Bertz CT molecular complexity index is 674. The molecule has 0 heterocycles. The molecule has 110 valence electrons. The van der Waals surface area contributed by atoms with E-state index >= 15 is 0 Å². The Labute approximate surface area is 135 Å². The summed E-state index contributed by atoms with van der Waals surface area (Å²) in [5.41, 5.74) is 0.624. The van der Waals surface area contributed by atoms with E-state index < -0.39 is 22.7 Å². The maximum Gasteiger partial charge on any atom is 0.311 e. The number of carbonyl (C=O) groups is 1. The van der Waals surface area contributed by atoms with Crippen molar-refractivity contribution in [3.63, 3.8) is 0 Å². The van der Waals surface area contributed by atoms with E-state index in [0.717, 1.165) is 0 Å². The number of hydrogen-bond acceptors (Lipinski definition) is 2. The van der Waals surface area contributed by atoms with Crippen LogP contribution in [0.25, 0.3) is 0 Å². The molecule has 0 spiro atoms. The predicted octanol–water partition coefficient (Wildman–Crippen LogP) is 3.97. The van der Waals surface area contributed by atoms with Crippen LogP contribution >= 0.6 is 23.2 Å². The highest BCUT2D eigenvalue weighted by molar-refractivity contribution is 7.85. The molecule has 2 atom stereocenters. The quantitative estimate of drug-likeness (QED) is 0.894. The minimum Gasteiger partial charge on any atom is -0.481 e. The van der Waals surface area contributed by atoms with Gasteiger partial charge >= 0.3 is 5.97 Å². The molecule has 21 heavy (non-hydrogen) atoms. The van der Waals surface area contributed by atoms with Gasteiger partial charge in [0.1, 0.15) is 0 Å². The van der Waals surface area contributed by atoms with E-state index in [9.17, 15) is 14.1 Å². The van der Waals surface area contributed by atoms with Crippen LogP contribution in [0.15, 0.2) is 53.4 Å². The van der Waals surface area contributed by atoms with Crippen LogP contribution < -0.4 is 0 Å². The summed E-state index contributed by atoms with van der Waals surface area (Å²) in [6.45, 7) is 0. The second-order valence-electron chi connectivity index (χ2n) is 4.39. The highest BCUT2D eigenvalue weighted by Gasteiger charge is 2.23. The molecule has 0 aromatic heterocycles. The van der Waals surface area contributed by atoms with Gasteiger partial charge < -0.3 is 5.11 Å². The number of benzene rings is 2. The van der Waals surface area contributed by atoms with Crippen LogP contribution in [-0.2, 0) is 15.6 Å². The third-order valence-electron chi connectivity index (χ3n) is 2.97. The second kappa shape index (κ2) is 7.07. The zero-order valence-corrected chi connectivity index (χ0v) is 13.2. The number of carboxylic acid groups (broad SMARTS) is 1. The van der Waals surface area contributed by atoms with Crippen molar-refractivity contribution < 1.29 is 14.1 Å². The first-order chi connectivity index (χ1) is 9.99. The summed E-state index contributed by atoms with van der Waals surface area (Å²) >= 11 is 11.7. The Hall–Kier alpha value is -1.36. The second-order valence-corrected chi connectivity index (χ2v) is 6.70. The largest absolute Gasteiger partial charge is 0.481 e. The summed E-state index contributed by atoms with van der Waals surface area (Å²) in [7, 11) is -1.48. The SMILES string of the molecule is O=C(O)C(CS(=O)c1ccc(Cl)c(Cl)c1)c1ccccc1. The van der Waals surface area contributed by atoms with Gasteiger partial charge in [0.05, 0.1) is 26.8 Å². The molecule has 2 unspecified atom stereocenters. The van der Waals surface area contributed by atoms with E-state index in [4.69, 9.17) is 23.2 Å². The third-order valence-corrected chi connectivity index (χ3v) is 5.13. The molecular weight excluding hydrogens is 331 g/mol. The van der Waals surface area contributed by atoms with Crippen LogP contribution in [0.4, 0.5) is 0 Å². The number of aliphatic carboxylic acids is 1. The van der Waals surface area contributed by atoms with Gasteiger partial charge in [-0.3, -0.25) is 9.00 Å². The fourth-order valence-electron chi connectivity index (χ4n) is 1.86. The summed E-state index contributed by atoms with van der Waals surface area (Å²) in [4.78, 5) is 11.9. The first-order valence-electron chi connectivity index (χ1n) is 6.10. The van der Waals surface area contributed by atoms with E-state index in [0.29, 0.717) is 20.5 Å². The van der Waals surface area contributed by atoms with Crippen molar-refractivity contribution in [3.8, 4) is 0 Å². The van der Waals surface area contributed by atoms with Gasteiger partial charge in [-0.15, -0.1) is 0 Å². The van der Waals surface area contributed by atoms with Crippen molar-refractivity contribution in [1.29, 1.82) is 0 Å². The lowest BCUT2D eigenvalue weighted by Gasteiger charge is -2.12. The van der Waals surface area contributed by atoms with Gasteiger partial charge in [0.2, 0.25) is 0 Å². The van der Waals surface area contributed by atoms with Crippen LogP contribution in [0.5, 0.6) is 0 Å². The van der Waals surface area contributed by atoms with Crippen LogP contribution in [0.3, 0.4) is 0 Å². The molecule has 3 nitrogen and oxygen atoms in total. The Morgan fingerprint density at radius 3 is 2.33 bits per heavy atom. The highest BCUT2D eigenvalue weighted by Crippen LogP contribution is 2.26. The minimum atomic E-state index is -1.48. The molecule has 2 rings (SSSR count). The summed E-state index contributed by atoms with van der Waals surface area (Å²) in [5.74, 6) is -1.85. The molecule has 0 aliphatic carbocycles. The number of halogens is 2. The van der Waals surface area contributed by atoms with Gasteiger partial charge in [-0.25, -0.2) is 0 Å². The first-order valence-corrected chi connectivity index (χ1v) is 8.17. The van der Waals surface area contributed by atoms with Crippen LogP contribution in [-0.4, -0.2) is 21.0 Å². The number of rotatable bonds is 5. The first kappa shape index (κ1) is 16.0. The van der Waals surface area contributed by atoms with E-state index in [1.165, 1.54) is 6.07 Å². The average molecular weight is 343 g/mol. The van der Waals surface area contributed by atoms with Crippen molar-refractivity contribution in [2.45, 2.75) is 10.8 Å². The van der Waals surface area contributed by atoms with Crippen molar-refractivity contribution >= 4 is 40.0 Å². The third kappa shape index (κ3) is 4.06. The monoisotopic (exact) mass is 342 g/mol. The molecular formula is C15H12Cl2O3S. The van der Waals surface area contributed by atoms with E-state index in [2.05, 4.69) is 0 Å². The van der Waals surface area contributed by atoms with Crippen LogP contribution in [0.2, 0.25) is 10.0 Å². The van der Waals surface area contributed by atoms with Gasteiger partial charge in [0.25, 0.3) is 0 Å². The van der Waals surface area contributed by atoms with Gasteiger partial charge in [-0.05, 0) is 23.8 Å². The molecule has 0 saturated heterocycles. The van der Waals surface area contributed by atoms with Crippen molar-refractivity contribution in [2.75, 3.05) is 5.75 Å². The van der Waals surface area contributed by atoms with E-state index in [1.807, 2.05) is 0 Å². The fourth-order valence-corrected chi connectivity index (χ4v) is 3.52. The normalized spacial score (nSPS) is 13.6. The van der Waals surface area contributed by atoms with Crippen LogP contribution in [0.1, 0.15) is 11.5 Å². The molecule has 1 N–H and O–H groups in total. The number of hydrogen-bond donors (Lipinski definition) is 1. The summed E-state index contributed by atoms with van der Waals surface area (Å²) in [5, 5.41) is 10.0. The minimum absolute atomic E-state index is 0.0166. The zero-order valence-electron chi connectivity index (χ0n) is 10.8. The standard InChI is InChI=1S/C15H12Cl2O3S/c16-13-7-6-11(8-14(13)17)21(20)9-12(15(18)19)10-4-2-1-3-5-10/h1-8,12H,9H2,(H,18,19). The van der Waals surface area contributed by atoms with Gasteiger partial charge in [-0.2, -0.15) is 0 Å². The summed E-state index contributed by atoms with van der Waals surface area (Å²) < 4.78 is 12.3. The smallest absolute Gasteiger partial charge is 0.311 e. The maximum atomic E-state index is 12.3. The topological polar surface area (TPSA) is 54.4 Å². The molecule has 0 aliphatic heterocycles. The van der Waals surface area contributed by atoms with Crippen molar-refractivity contribution in [3.05, 3.63) is 64.1 Å². The van der Waals surface area contributed by atoms with E-state index in [1.54, 1.807) is 42.5 Å². The lowest BCUT2D eigenvalue weighted by molar-refractivity contribution is -0.138. The molecule has 6 heteroatoms. The van der Waals surface area contributed by atoms with Gasteiger partial charge in [-0.1, -0.05) is 53.5 Å². The molecule has 0 bridgehead atoms. The molecule has 0 fully saturated rings.